The molecule has 0 spiro atoms. The fourth-order valence-corrected chi connectivity index (χ4v) is 2.84. The predicted molar refractivity (Wildman–Crippen MR) is 77.6 cm³/mol. The smallest absolute Gasteiger partial charge is 0.387 e. The number of rotatable bonds is 4. The molecule has 1 aliphatic heterocycles. The number of imidazole rings is 1. The zero-order valence-corrected chi connectivity index (χ0v) is 13.4. The number of nitrogen functional groups attached to an aromatic ring is 1. The van der Waals surface area contributed by atoms with Crippen LogP contribution < -0.4 is 5.73 Å². The third kappa shape index (κ3) is 3.22. The summed E-state index contributed by atoms with van der Waals surface area (Å²) in [4.78, 5) is 28.9. The maximum atomic E-state index is 14.4. The number of aliphatic hydroxyl groups excluding tert-OH is 1. The van der Waals surface area contributed by atoms with Gasteiger partial charge in [0.25, 0.3) is 0 Å². The van der Waals surface area contributed by atoms with Gasteiger partial charge >= 0.3 is 7.82 Å². The number of alkyl halides is 1. The van der Waals surface area contributed by atoms with E-state index in [4.69, 9.17) is 31.9 Å². The third-order valence-electron chi connectivity index (χ3n) is 3.40. The van der Waals surface area contributed by atoms with Crippen molar-refractivity contribution in [1.29, 1.82) is 0 Å². The fourth-order valence-electron chi connectivity index (χ4n) is 2.33. The van der Waals surface area contributed by atoms with Crippen LogP contribution in [0.1, 0.15) is 6.23 Å². The third-order valence-corrected chi connectivity index (χ3v) is 4.05. The summed E-state index contributed by atoms with van der Waals surface area (Å²) in [6, 6.07) is 0. The van der Waals surface area contributed by atoms with Gasteiger partial charge in [-0.1, -0.05) is 0 Å². The first-order valence-corrected chi connectivity index (χ1v) is 8.41. The van der Waals surface area contributed by atoms with Crippen LogP contribution in [0.15, 0.2) is 6.33 Å². The molecule has 1 aliphatic rings. The van der Waals surface area contributed by atoms with Crippen molar-refractivity contribution < 1.29 is 33.1 Å². The second kappa shape index (κ2) is 6.15. The number of phosphoric acid groups is 1. The number of fused-ring (bicyclic) bond motifs is 1. The standard InChI is InChI=1S/C10H12ClFN5O6P/c11-10-15-7(13)5-8(16-10)17(2-14-5)9-4(12)6(18)3(23-9)1-22-24(19,20)21/h2-4,6,9,18H,1H2,(H2,13,15,16)(H2,19,20,21)/t3-,4-,6-,9-/m0/s1. The van der Waals surface area contributed by atoms with Crippen molar-refractivity contribution in [3.8, 4) is 0 Å². The average molecular weight is 384 g/mol. The molecule has 0 amide bonds. The van der Waals surface area contributed by atoms with Crippen LogP contribution in [0.25, 0.3) is 11.2 Å². The number of aliphatic hydroxyl groups is 1. The monoisotopic (exact) mass is 383 g/mol. The lowest BCUT2D eigenvalue weighted by molar-refractivity contribution is -0.0451. The van der Waals surface area contributed by atoms with E-state index in [1.54, 1.807) is 0 Å². The summed E-state index contributed by atoms with van der Waals surface area (Å²) in [6.07, 6.45) is -5.08. The molecule has 0 aliphatic carbocycles. The molecule has 0 unspecified atom stereocenters. The Kier molecular flexibility index (Phi) is 4.47. The lowest BCUT2D eigenvalue weighted by Gasteiger charge is -2.15. The van der Waals surface area contributed by atoms with Gasteiger partial charge in [-0.2, -0.15) is 9.97 Å². The minimum absolute atomic E-state index is 0.0147. The van der Waals surface area contributed by atoms with Crippen LogP contribution in [0.2, 0.25) is 5.28 Å². The number of anilines is 1. The summed E-state index contributed by atoms with van der Waals surface area (Å²) in [5.41, 5.74) is 5.91. The summed E-state index contributed by atoms with van der Waals surface area (Å²) in [7, 11) is -4.78. The van der Waals surface area contributed by atoms with Crippen molar-refractivity contribution in [3.05, 3.63) is 11.6 Å². The van der Waals surface area contributed by atoms with E-state index in [0.717, 1.165) is 4.57 Å². The van der Waals surface area contributed by atoms with Crippen molar-refractivity contribution >= 4 is 36.4 Å². The molecule has 11 nitrogen and oxygen atoms in total. The van der Waals surface area contributed by atoms with Crippen molar-refractivity contribution in [3.63, 3.8) is 0 Å². The number of nitrogens with two attached hydrogens (primary N) is 1. The van der Waals surface area contributed by atoms with Crippen LogP contribution in [0.5, 0.6) is 0 Å². The highest BCUT2D eigenvalue weighted by Gasteiger charge is 2.46. The molecule has 14 heteroatoms. The van der Waals surface area contributed by atoms with Crippen LogP contribution >= 0.6 is 19.4 Å². The molecule has 3 rings (SSSR count). The van der Waals surface area contributed by atoms with Crippen LogP contribution in [-0.2, 0) is 13.8 Å². The Morgan fingerprint density at radius 1 is 1.50 bits per heavy atom. The Hall–Kier alpha value is -1.40. The van der Waals surface area contributed by atoms with Crippen LogP contribution in [0.4, 0.5) is 10.2 Å². The Morgan fingerprint density at radius 2 is 2.21 bits per heavy atom. The molecule has 3 heterocycles. The van der Waals surface area contributed by atoms with E-state index >= 15 is 0 Å². The number of nitrogens with zero attached hydrogens (tertiary/aromatic N) is 4. The summed E-state index contributed by atoms with van der Waals surface area (Å²) < 4.78 is 35.8. The van der Waals surface area contributed by atoms with E-state index in [2.05, 4.69) is 19.5 Å². The topological polar surface area (TPSA) is 166 Å². The van der Waals surface area contributed by atoms with Gasteiger partial charge in [-0.25, -0.2) is 13.9 Å². The Balaban J connectivity index is 1.89. The first-order valence-electron chi connectivity index (χ1n) is 6.50. The highest BCUT2D eigenvalue weighted by molar-refractivity contribution is 7.46. The molecule has 1 fully saturated rings. The van der Waals surface area contributed by atoms with Crippen LogP contribution in [0.3, 0.4) is 0 Å². The van der Waals surface area contributed by atoms with E-state index in [1.807, 2.05) is 0 Å². The molecule has 132 valence electrons. The molecule has 0 aromatic carbocycles. The van der Waals surface area contributed by atoms with Crippen molar-refractivity contribution in [2.45, 2.75) is 24.6 Å². The maximum Gasteiger partial charge on any atom is 0.469 e. The highest BCUT2D eigenvalue weighted by atomic mass is 35.5. The zero-order valence-electron chi connectivity index (χ0n) is 11.7. The molecular weight excluding hydrogens is 372 g/mol. The molecule has 0 radical (unpaired) electrons. The van der Waals surface area contributed by atoms with Gasteiger partial charge in [-0.15, -0.1) is 0 Å². The molecule has 4 atom stereocenters. The Labute approximate surface area is 138 Å². The molecule has 24 heavy (non-hydrogen) atoms. The summed E-state index contributed by atoms with van der Waals surface area (Å²) in [6.45, 7) is -0.702. The zero-order chi connectivity index (χ0) is 17.6. The highest BCUT2D eigenvalue weighted by Crippen LogP contribution is 2.39. The first-order chi connectivity index (χ1) is 11.2. The van der Waals surface area contributed by atoms with E-state index < -0.39 is 39.0 Å². The summed E-state index contributed by atoms with van der Waals surface area (Å²) in [5.74, 6) is -0.0147. The Bertz CT molecular complexity index is 816. The predicted octanol–water partition coefficient (Wildman–Crippen LogP) is -0.232. The van der Waals surface area contributed by atoms with Crippen LogP contribution in [-0.4, -0.2) is 59.4 Å². The van der Waals surface area contributed by atoms with E-state index in [0.29, 0.717) is 0 Å². The lowest BCUT2D eigenvalue weighted by Crippen LogP contribution is -2.31. The van der Waals surface area contributed by atoms with Crippen molar-refractivity contribution in [2.24, 2.45) is 0 Å². The van der Waals surface area contributed by atoms with Gasteiger partial charge in [-0.3, -0.25) is 9.09 Å². The largest absolute Gasteiger partial charge is 0.469 e. The molecule has 2 aromatic rings. The normalized spacial score (nSPS) is 27.9. The number of aromatic nitrogens is 4. The maximum absolute atomic E-state index is 14.4. The minimum atomic E-state index is -4.78. The van der Waals surface area contributed by atoms with E-state index in [-0.39, 0.29) is 22.3 Å². The second-order valence-corrected chi connectivity index (χ2v) is 6.57. The molecule has 1 saturated heterocycles. The number of ether oxygens (including phenoxy) is 1. The van der Waals surface area contributed by atoms with Crippen molar-refractivity contribution in [2.75, 3.05) is 12.3 Å². The molecule has 2 aromatic heterocycles. The number of phosphoric ester groups is 1. The van der Waals surface area contributed by atoms with E-state index in [1.165, 1.54) is 6.33 Å². The fraction of sp³-hybridized carbons (Fsp3) is 0.500. The number of hydrogen-bond donors (Lipinski definition) is 4. The number of halogens is 2. The number of hydrogen-bond acceptors (Lipinski definition) is 8. The molecular formula is C10H12ClFN5O6P. The van der Waals surface area contributed by atoms with Gasteiger partial charge in [0.1, 0.15) is 17.7 Å². The first kappa shape index (κ1) is 17.4. The van der Waals surface area contributed by atoms with Crippen LogP contribution in [0, 0.1) is 0 Å². The average Bonchev–Trinajstić information content (AvgIpc) is 3.00. The lowest BCUT2D eigenvalue weighted by atomic mass is 10.1. The van der Waals surface area contributed by atoms with Crippen molar-refractivity contribution in [1.82, 2.24) is 19.5 Å². The summed E-state index contributed by atoms with van der Waals surface area (Å²) in [5, 5.41) is 9.67. The SMILES string of the molecule is Nc1nc(Cl)nc2c1ncn2[C@H]1O[C@@H](COP(=O)(O)O)[C@H](O)[C@@H]1F. The van der Waals surface area contributed by atoms with Gasteiger partial charge < -0.3 is 25.4 Å². The van der Waals surface area contributed by atoms with Gasteiger partial charge in [-0.05, 0) is 11.6 Å². The van der Waals surface area contributed by atoms with Gasteiger partial charge in [0.2, 0.25) is 5.28 Å². The summed E-state index contributed by atoms with van der Waals surface area (Å²) >= 11 is 5.72. The minimum Gasteiger partial charge on any atom is -0.387 e. The Morgan fingerprint density at radius 3 is 2.88 bits per heavy atom. The van der Waals surface area contributed by atoms with E-state index in [9.17, 15) is 14.1 Å². The van der Waals surface area contributed by atoms with Gasteiger partial charge in [0.15, 0.2) is 23.9 Å². The second-order valence-electron chi connectivity index (χ2n) is 4.99. The van der Waals surface area contributed by atoms with Gasteiger partial charge in [0, 0.05) is 0 Å². The molecule has 0 saturated carbocycles. The van der Waals surface area contributed by atoms with Gasteiger partial charge in [0.05, 0.1) is 12.9 Å². The quantitative estimate of drug-likeness (QED) is 0.409. The molecule has 0 bridgehead atoms. The molecule has 5 N–H and O–H groups in total.